The Morgan fingerprint density at radius 2 is 2.29 bits per heavy atom. The Bertz CT molecular complexity index is 304. The monoisotopic (exact) mass is 195 g/mol. The molecular formula is C10H17N3O. The molecule has 0 unspecified atom stereocenters. The van der Waals surface area contributed by atoms with Crippen molar-refractivity contribution < 1.29 is 4.79 Å². The van der Waals surface area contributed by atoms with Crippen LogP contribution in [0.5, 0.6) is 0 Å². The second kappa shape index (κ2) is 4.88. The van der Waals surface area contributed by atoms with Crippen LogP contribution in [0, 0.1) is 5.92 Å². The second-order valence-corrected chi connectivity index (χ2v) is 3.94. The Morgan fingerprint density at radius 3 is 2.79 bits per heavy atom. The number of carbonyl (C=O) groups excluding carboxylic acids is 1. The summed E-state index contributed by atoms with van der Waals surface area (Å²) in [4.78, 5) is 15.5. The first-order valence-electron chi connectivity index (χ1n) is 4.94. The van der Waals surface area contributed by atoms with E-state index in [1.165, 1.54) is 6.33 Å². The van der Waals surface area contributed by atoms with Crippen molar-refractivity contribution in [3.63, 3.8) is 0 Å². The van der Waals surface area contributed by atoms with E-state index >= 15 is 0 Å². The van der Waals surface area contributed by atoms with Gasteiger partial charge in [-0.15, -0.1) is 0 Å². The quantitative estimate of drug-likeness (QED) is 0.712. The van der Waals surface area contributed by atoms with Crippen LogP contribution in [0.3, 0.4) is 0 Å². The molecule has 1 aromatic heterocycles. The summed E-state index contributed by atoms with van der Waals surface area (Å²) in [5, 5.41) is 3.95. The van der Waals surface area contributed by atoms with E-state index in [9.17, 15) is 4.79 Å². The van der Waals surface area contributed by atoms with Crippen molar-refractivity contribution in [2.75, 3.05) is 0 Å². The minimum Gasteiger partial charge on any atom is -0.300 e. The van der Waals surface area contributed by atoms with Crippen LogP contribution in [0.15, 0.2) is 6.33 Å². The fourth-order valence-electron chi connectivity index (χ4n) is 1.36. The van der Waals surface area contributed by atoms with E-state index in [4.69, 9.17) is 0 Å². The highest BCUT2D eigenvalue weighted by molar-refractivity contribution is 5.78. The molecule has 1 aromatic rings. The van der Waals surface area contributed by atoms with Gasteiger partial charge in [0.2, 0.25) is 0 Å². The number of rotatable bonds is 5. The molecule has 0 aromatic carbocycles. The largest absolute Gasteiger partial charge is 0.300 e. The smallest absolute Gasteiger partial charge is 0.138 e. The van der Waals surface area contributed by atoms with Crippen molar-refractivity contribution in [2.45, 2.75) is 33.1 Å². The lowest BCUT2D eigenvalue weighted by atomic mass is 10.0. The molecule has 14 heavy (non-hydrogen) atoms. The fraction of sp³-hybridized carbons (Fsp3) is 0.700. The molecule has 78 valence electrons. The molecule has 1 rings (SSSR count). The number of aryl methyl sites for hydroxylation is 2. The zero-order valence-electron chi connectivity index (χ0n) is 9.03. The van der Waals surface area contributed by atoms with Crippen LogP contribution < -0.4 is 0 Å². The maximum absolute atomic E-state index is 11.4. The summed E-state index contributed by atoms with van der Waals surface area (Å²) in [5.74, 6) is 1.63. The van der Waals surface area contributed by atoms with E-state index in [-0.39, 0.29) is 0 Å². The van der Waals surface area contributed by atoms with E-state index in [1.54, 1.807) is 4.68 Å². The van der Waals surface area contributed by atoms with Gasteiger partial charge in [0.25, 0.3) is 0 Å². The van der Waals surface area contributed by atoms with E-state index in [0.29, 0.717) is 31.0 Å². The first kappa shape index (κ1) is 10.9. The highest BCUT2D eigenvalue weighted by atomic mass is 16.1. The van der Waals surface area contributed by atoms with Gasteiger partial charge in [-0.1, -0.05) is 13.8 Å². The van der Waals surface area contributed by atoms with Crippen LogP contribution in [0.2, 0.25) is 0 Å². The molecule has 0 saturated heterocycles. The topological polar surface area (TPSA) is 47.8 Å². The van der Waals surface area contributed by atoms with Crippen molar-refractivity contribution in [3.05, 3.63) is 12.2 Å². The molecule has 0 amide bonds. The third-order valence-electron chi connectivity index (χ3n) is 2.07. The Hall–Kier alpha value is -1.19. The predicted octanol–water partition coefficient (Wildman–Crippen LogP) is 1.36. The number of carbonyl (C=O) groups is 1. The minimum atomic E-state index is 0.308. The summed E-state index contributed by atoms with van der Waals surface area (Å²) in [6, 6.07) is 0. The van der Waals surface area contributed by atoms with Gasteiger partial charge >= 0.3 is 0 Å². The fourth-order valence-corrected chi connectivity index (χ4v) is 1.36. The van der Waals surface area contributed by atoms with Crippen LogP contribution in [0.25, 0.3) is 0 Å². The van der Waals surface area contributed by atoms with Crippen molar-refractivity contribution >= 4 is 5.78 Å². The minimum absolute atomic E-state index is 0.308. The molecule has 4 nitrogen and oxygen atoms in total. The summed E-state index contributed by atoms with van der Waals surface area (Å²) >= 11 is 0. The second-order valence-electron chi connectivity index (χ2n) is 3.94. The SMILES string of the molecule is CC(C)CC(=O)CCc1ncnn1C. The molecular weight excluding hydrogens is 178 g/mol. The van der Waals surface area contributed by atoms with Crippen LogP contribution >= 0.6 is 0 Å². The molecule has 0 atom stereocenters. The van der Waals surface area contributed by atoms with Crippen molar-refractivity contribution in [2.24, 2.45) is 13.0 Å². The number of hydrogen-bond acceptors (Lipinski definition) is 3. The molecule has 0 fully saturated rings. The molecule has 1 heterocycles. The normalized spacial score (nSPS) is 10.9. The third kappa shape index (κ3) is 3.28. The van der Waals surface area contributed by atoms with Gasteiger partial charge in [-0.05, 0) is 5.92 Å². The van der Waals surface area contributed by atoms with Gasteiger partial charge in [-0.2, -0.15) is 5.10 Å². The Morgan fingerprint density at radius 1 is 1.57 bits per heavy atom. The standard InChI is InChI=1S/C10H17N3O/c1-8(2)6-9(14)4-5-10-11-7-12-13(10)3/h7-8H,4-6H2,1-3H3. The summed E-state index contributed by atoms with van der Waals surface area (Å²) < 4.78 is 1.71. The predicted molar refractivity (Wildman–Crippen MR) is 53.8 cm³/mol. The molecule has 0 N–H and O–H groups in total. The Labute approximate surface area is 84.3 Å². The molecule has 0 aliphatic carbocycles. The van der Waals surface area contributed by atoms with Crippen molar-refractivity contribution in [3.8, 4) is 0 Å². The number of Topliss-reactive ketones (excluding diaryl/α,β-unsaturated/α-hetero) is 1. The van der Waals surface area contributed by atoms with Crippen LogP contribution in [-0.2, 0) is 18.3 Å². The van der Waals surface area contributed by atoms with Gasteiger partial charge < -0.3 is 0 Å². The van der Waals surface area contributed by atoms with E-state index in [2.05, 4.69) is 23.9 Å². The maximum atomic E-state index is 11.4. The van der Waals surface area contributed by atoms with E-state index in [0.717, 1.165) is 5.82 Å². The maximum Gasteiger partial charge on any atom is 0.138 e. The molecule has 0 radical (unpaired) electrons. The lowest BCUT2D eigenvalue weighted by Crippen LogP contribution is -2.07. The zero-order chi connectivity index (χ0) is 10.6. The van der Waals surface area contributed by atoms with Crippen LogP contribution in [0.4, 0.5) is 0 Å². The van der Waals surface area contributed by atoms with Gasteiger partial charge in [0.1, 0.15) is 17.9 Å². The van der Waals surface area contributed by atoms with Crippen LogP contribution in [-0.4, -0.2) is 20.5 Å². The number of nitrogens with zero attached hydrogens (tertiary/aromatic N) is 3. The van der Waals surface area contributed by atoms with Crippen LogP contribution in [0.1, 0.15) is 32.5 Å². The number of ketones is 1. The van der Waals surface area contributed by atoms with Gasteiger partial charge in [-0.25, -0.2) is 4.98 Å². The lowest BCUT2D eigenvalue weighted by molar-refractivity contribution is -0.119. The van der Waals surface area contributed by atoms with Crippen molar-refractivity contribution in [1.29, 1.82) is 0 Å². The third-order valence-corrected chi connectivity index (χ3v) is 2.07. The molecule has 4 heteroatoms. The molecule has 0 saturated carbocycles. The van der Waals surface area contributed by atoms with Gasteiger partial charge in [0.05, 0.1) is 0 Å². The highest BCUT2D eigenvalue weighted by Crippen LogP contribution is 2.05. The summed E-state index contributed by atoms with van der Waals surface area (Å²) in [6.45, 7) is 4.11. The number of hydrogen-bond donors (Lipinski definition) is 0. The Balaban J connectivity index is 2.34. The van der Waals surface area contributed by atoms with Gasteiger partial charge in [0.15, 0.2) is 0 Å². The molecule has 0 aliphatic heterocycles. The first-order chi connectivity index (χ1) is 6.59. The Kier molecular flexibility index (Phi) is 3.80. The molecule has 0 aliphatic rings. The number of aromatic nitrogens is 3. The summed E-state index contributed by atoms with van der Waals surface area (Å²) in [7, 11) is 1.84. The van der Waals surface area contributed by atoms with Gasteiger partial charge in [0, 0.05) is 26.3 Å². The average Bonchev–Trinajstić information content (AvgIpc) is 2.46. The molecule has 0 bridgehead atoms. The highest BCUT2D eigenvalue weighted by Gasteiger charge is 2.07. The summed E-state index contributed by atoms with van der Waals surface area (Å²) in [5.41, 5.74) is 0. The zero-order valence-corrected chi connectivity index (χ0v) is 9.03. The van der Waals surface area contributed by atoms with Gasteiger partial charge in [-0.3, -0.25) is 9.48 Å². The van der Waals surface area contributed by atoms with Crippen molar-refractivity contribution in [1.82, 2.24) is 14.8 Å². The lowest BCUT2D eigenvalue weighted by Gasteiger charge is -2.03. The first-order valence-corrected chi connectivity index (χ1v) is 4.94. The van der Waals surface area contributed by atoms with E-state index < -0.39 is 0 Å². The van der Waals surface area contributed by atoms with E-state index in [1.807, 2.05) is 7.05 Å². The average molecular weight is 195 g/mol. The summed E-state index contributed by atoms with van der Waals surface area (Å²) in [6.07, 6.45) is 3.45. The molecule has 0 spiro atoms.